The minimum Gasteiger partial charge on any atom is -0.351 e. The van der Waals surface area contributed by atoms with Crippen LogP contribution in [-0.4, -0.2) is 69.7 Å². The van der Waals surface area contributed by atoms with Crippen LogP contribution in [0, 0.1) is 0 Å². The number of quaternary nitrogens is 1. The summed E-state index contributed by atoms with van der Waals surface area (Å²) < 4.78 is 0.813. The van der Waals surface area contributed by atoms with Crippen molar-refractivity contribution in [3.8, 4) is 0 Å². The second-order valence-corrected chi connectivity index (χ2v) is 11.7. The molecule has 0 radical (unpaired) electrons. The number of nitrogens with zero attached hydrogens (tertiary/aromatic N) is 2. The Morgan fingerprint density at radius 2 is 1.03 bits per heavy atom. The molecule has 1 amide bonds. The van der Waals surface area contributed by atoms with Gasteiger partial charge < -0.3 is 14.7 Å². The number of carbonyl (C=O) groups is 1. The molecule has 0 aliphatic carbocycles. The molecule has 0 aromatic heterocycles. The largest absolute Gasteiger partial charge is 0.351 e. The first kappa shape index (κ1) is 33.4. The van der Waals surface area contributed by atoms with Crippen molar-refractivity contribution in [2.45, 2.75) is 135 Å². The van der Waals surface area contributed by atoms with Crippen LogP contribution in [0.25, 0.3) is 0 Å². The average Bonchev–Trinajstić information content (AvgIpc) is 2.77. The number of likely N-dealkylation sites (N-methyl/N-ethyl adjacent to an activating group) is 1. The fraction of sp³-hybridized carbons (Fsp3) is 0.967. The Balaban J connectivity index is 3.42. The molecule has 0 spiro atoms. The number of hydrogen-bond donors (Lipinski definition) is 1. The fourth-order valence-electron chi connectivity index (χ4n) is 4.75. The minimum atomic E-state index is 0.217. The molecular weight excluding hydrogens is 418 g/mol. The summed E-state index contributed by atoms with van der Waals surface area (Å²) in [6.07, 6.45) is 27.3. The van der Waals surface area contributed by atoms with Crippen molar-refractivity contribution in [3.05, 3.63) is 0 Å². The lowest BCUT2D eigenvalue weighted by Crippen LogP contribution is -2.48. The van der Waals surface area contributed by atoms with E-state index in [1.165, 1.54) is 122 Å². The van der Waals surface area contributed by atoms with Crippen molar-refractivity contribution in [2.75, 3.05) is 54.4 Å². The first-order valence-corrected chi connectivity index (χ1v) is 15.1. The Hall–Kier alpha value is -0.610. The van der Waals surface area contributed by atoms with E-state index in [1.54, 1.807) is 0 Å². The third-order valence-electron chi connectivity index (χ3n) is 7.04. The fourth-order valence-corrected chi connectivity index (χ4v) is 4.75. The zero-order chi connectivity index (χ0) is 25.3. The number of rotatable bonds is 26. The molecule has 0 aromatic rings. The highest BCUT2D eigenvalue weighted by molar-refractivity contribution is 5.76. The molecule has 0 aliphatic rings. The maximum atomic E-state index is 12.3. The van der Waals surface area contributed by atoms with Crippen LogP contribution in [0.15, 0.2) is 0 Å². The Bertz CT molecular complexity index is 437. The van der Waals surface area contributed by atoms with Gasteiger partial charge in [-0.15, -0.1) is 0 Å². The lowest BCUT2D eigenvalue weighted by atomic mass is 10.0. The quantitative estimate of drug-likeness (QED) is 0.102. The number of carbonyl (C=O) groups excluding carboxylic acids is 1. The third-order valence-corrected chi connectivity index (χ3v) is 7.04. The molecule has 0 rings (SSSR count). The van der Waals surface area contributed by atoms with E-state index < -0.39 is 0 Å². The SMILES string of the molecule is CCCCCCCCCCCCCCCCCC[N+](C)(C)CC(=O)NCCCCCCN(C)C. The molecular formula is C30H64N3O+. The molecule has 0 heterocycles. The molecule has 0 unspecified atom stereocenters. The van der Waals surface area contributed by atoms with Gasteiger partial charge in [-0.3, -0.25) is 4.79 Å². The van der Waals surface area contributed by atoms with Crippen molar-refractivity contribution >= 4 is 5.91 Å². The smallest absolute Gasteiger partial charge is 0.275 e. The van der Waals surface area contributed by atoms with Crippen LogP contribution in [0.1, 0.15) is 135 Å². The van der Waals surface area contributed by atoms with Crippen LogP contribution in [0.3, 0.4) is 0 Å². The molecule has 0 aliphatic heterocycles. The van der Waals surface area contributed by atoms with Crippen LogP contribution >= 0.6 is 0 Å². The standard InChI is InChI=1S/C30H63N3O/c1-6-7-8-9-10-11-12-13-14-15-16-17-18-19-22-25-28-33(4,5)29-30(34)31-26-23-20-21-24-27-32(2)3/h6-29H2,1-5H3/p+1. The molecule has 34 heavy (non-hydrogen) atoms. The van der Waals surface area contributed by atoms with Gasteiger partial charge in [0.25, 0.3) is 5.91 Å². The monoisotopic (exact) mass is 483 g/mol. The summed E-state index contributed by atoms with van der Waals surface area (Å²) in [7, 11) is 8.65. The Morgan fingerprint density at radius 1 is 0.618 bits per heavy atom. The molecule has 0 saturated carbocycles. The van der Waals surface area contributed by atoms with E-state index in [2.05, 4.69) is 45.3 Å². The molecule has 0 fully saturated rings. The molecule has 204 valence electrons. The zero-order valence-electron chi connectivity index (χ0n) is 24.3. The maximum Gasteiger partial charge on any atom is 0.275 e. The van der Waals surface area contributed by atoms with Gasteiger partial charge in [0.15, 0.2) is 6.54 Å². The summed E-state index contributed by atoms with van der Waals surface area (Å²) in [5.41, 5.74) is 0. The lowest BCUT2D eigenvalue weighted by Gasteiger charge is -2.29. The van der Waals surface area contributed by atoms with Crippen LogP contribution in [0.4, 0.5) is 0 Å². The molecule has 0 bridgehead atoms. The molecule has 0 saturated heterocycles. The van der Waals surface area contributed by atoms with E-state index in [1.807, 2.05) is 0 Å². The van der Waals surface area contributed by atoms with Gasteiger partial charge in [0.2, 0.25) is 0 Å². The number of unbranched alkanes of at least 4 members (excludes halogenated alkanes) is 18. The molecule has 1 N–H and O–H groups in total. The van der Waals surface area contributed by atoms with E-state index in [4.69, 9.17) is 0 Å². The normalized spacial score (nSPS) is 11.9. The highest BCUT2D eigenvalue weighted by Gasteiger charge is 2.19. The maximum absolute atomic E-state index is 12.3. The van der Waals surface area contributed by atoms with E-state index in [0.717, 1.165) is 30.5 Å². The van der Waals surface area contributed by atoms with Crippen LogP contribution in [0.5, 0.6) is 0 Å². The highest BCUT2D eigenvalue weighted by Crippen LogP contribution is 2.14. The molecule has 0 aromatic carbocycles. The predicted octanol–water partition coefficient (Wildman–Crippen LogP) is 7.56. The van der Waals surface area contributed by atoms with Gasteiger partial charge in [-0.1, -0.05) is 110 Å². The first-order chi connectivity index (χ1) is 16.4. The summed E-state index contributed by atoms with van der Waals surface area (Å²) in [6, 6.07) is 0. The Kier molecular flexibility index (Phi) is 23.7. The molecule has 4 heteroatoms. The second kappa shape index (κ2) is 24.1. The van der Waals surface area contributed by atoms with Gasteiger partial charge in [0.1, 0.15) is 0 Å². The minimum absolute atomic E-state index is 0.217. The number of hydrogen-bond acceptors (Lipinski definition) is 2. The summed E-state index contributed by atoms with van der Waals surface area (Å²) in [5.74, 6) is 0.217. The van der Waals surface area contributed by atoms with Crippen LogP contribution < -0.4 is 5.32 Å². The second-order valence-electron chi connectivity index (χ2n) is 11.7. The van der Waals surface area contributed by atoms with Crippen molar-refractivity contribution in [1.29, 1.82) is 0 Å². The first-order valence-electron chi connectivity index (χ1n) is 15.1. The van der Waals surface area contributed by atoms with Crippen molar-refractivity contribution < 1.29 is 9.28 Å². The topological polar surface area (TPSA) is 32.3 Å². The van der Waals surface area contributed by atoms with E-state index >= 15 is 0 Å². The van der Waals surface area contributed by atoms with Crippen LogP contribution in [0.2, 0.25) is 0 Å². The van der Waals surface area contributed by atoms with E-state index in [0.29, 0.717) is 6.54 Å². The molecule has 4 nitrogen and oxygen atoms in total. The van der Waals surface area contributed by atoms with Crippen molar-refractivity contribution in [3.63, 3.8) is 0 Å². The Morgan fingerprint density at radius 3 is 1.50 bits per heavy atom. The van der Waals surface area contributed by atoms with E-state index in [-0.39, 0.29) is 5.91 Å². The summed E-state index contributed by atoms with van der Waals surface area (Å²) in [4.78, 5) is 14.5. The van der Waals surface area contributed by atoms with Gasteiger partial charge in [-0.2, -0.15) is 0 Å². The highest BCUT2D eigenvalue weighted by atomic mass is 16.2. The number of nitrogens with one attached hydrogen (secondary N) is 1. The summed E-state index contributed by atoms with van der Waals surface area (Å²) in [5, 5.41) is 3.13. The van der Waals surface area contributed by atoms with Crippen molar-refractivity contribution in [2.24, 2.45) is 0 Å². The van der Waals surface area contributed by atoms with E-state index in [9.17, 15) is 4.79 Å². The Labute approximate surface area is 215 Å². The van der Waals surface area contributed by atoms with Gasteiger partial charge in [0.05, 0.1) is 20.6 Å². The van der Waals surface area contributed by atoms with Gasteiger partial charge in [-0.05, 0) is 46.3 Å². The van der Waals surface area contributed by atoms with Gasteiger partial charge in [0, 0.05) is 6.54 Å². The summed E-state index contributed by atoms with van der Waals surface area (Å²) in [6.45, 7) is 6.01. The van der Waals surface area contributed by atoms with Gasteiger partial charge in [-0.25, -0.2) is 0 Å². The predicted molar refractivity (Wildman–Crippen MR) is 151 cm³/mol. The summed E-state index contributed by atoms with van der Waals surface area (Å²) >= 11 is 0. The third kappa shape index (κ3) is 26.0. The number of amides is 1. The lowest BCUT2D eigenvalue weighted by molar-refractivity contribution is -0.882. The average molecular weight is 483 g/mol. The van der Waals surface area contributed by atoms with Crippen molar-refractivity contribution in [1.82, 2.24) is 10.2 Å². The zero-order valence-corrected chi connectivity index (χ0v) is 24.3. The van der Waals surface area contributed by atoms with Gasteiger partial charge >= 0.3 is 0 Å². The molecule has 0 atom stereocenters. The van der Waals surface area contributed by atoms with Crippen LogP contribution in [-0.2, 0) is 4.79 Å².